The number of ether oxygens (including phenoxy) is 1. The Morgan fingerprint density at radius 2 is 2.00 bits per heavy atom. The van der Waals surface area contributed by atoms with E-state index in [1.807, 2.05) is 0 Å². The number of allylic oxidation sites excluding steroid dienone is 1. The van der Waals surface area contributed by atoms with Crippen molar-refractivity contribution in [2.45, 2.75) is 26.3 Å². The van der Waals surface area contributed by atoms with Gasteiger partial charge in [-0.1, -0.05) is 6.08 Å². The molecule has 22 heavy (non-hydrogen) atoms. The highest BCUT2D eigenvalue weighted by Gasteiger charge is 2.10. The van der Waals surface area contributed by atoms with E-state index in [0.29, 0.717) is 5.56 Å². The Morgan fingerprint density at radius 1 is 1.36 bits per heavy atom. The van der Waals surface area contributed by atoms with E-state index in [4.69, 9.17) is 4.74 Å². The standard InChI is InChI=1S/C15H18N2O5/c1-3-22-15(19)16-11(2)10-14(18)9-6-12-4-7-13(8-5-12)17(20)21/h4-9,11H,3,10H2,1-2H3,(H,16,19)/b9-6+/t11-/m1/s1. The SMILES string of the molecule is CCOC(=O)N[C@H](C)CC(=O)/C=C/c1ccc([N+](=O)[O-])cc1. The topological polar surface area (TPSA) is 98.5 Å². The molecule has 1 aromatic rings. The first-order valence-corrected chi connectivity index (χ1v) is 6.81. The van der Waals surface area contributed by atoms with Crippen LogP contribution in [-0.2, 0) is 9.53 Å². The molecular formula is C15H18N2O5. The second-order valence-electron chi connectivity index (χ2n) is 4.62. The molecule has 7 heteroatoms. The zero-order valence-electron chi connectivity index (χ0n) is 12.4. The summed E-state index contributed by atoms with van der Waals surface area (Å²) in [4.78, 5) is 33.0. The van der Waals surface area contributed by atoms with Crippen LogP contribution in [0.4, 0.5) is 10.5 Å². The number of carbonyl (C=O) groups excluding carboxylic acids is 2. The second-order valence-corrected chi connectivity index (χ2v) is 4.62. The monoisotopic (exact) mass is 306 g/mol. The summed E-state index contributed by atoms with van der Waals surface area (Å²) in [6.07, 6.45) is 2.54. The fourth-order valence-corrected chi connectivity index (χ4v) is 1.69. The molecule has 1 rings (SSSR count). The van der Waals surface area contributed by atoms with Crippen molar-refractivity contribution in [3.63, 3.8) is 0 Å². The molecule has 0 aliphatic carbocycles. The first-order chi connectivity index (χ1) is 10.4. The summed E-state index contributed by atoms with van der Waals surface area (Å²) in [7, 11) is 0. The number of nitro groups is 1. The van der Waals surface area contributed by atoms with Gasteiger partial charge in [-0.2, -0.15) is 0 Å². The number of ketones is 1. The molecule has 0 unspecified atom stereocenters. The van der Waals surface area contributed by atoms with Crippen LogP contribution in [0.15, 0.2) is 30.3 Å². The Morgan fingerprint density at radius 3 is 2.55 bits per heavy atom. The van der Waals surface area contributed by atoms with Crippen LogP contribution < -0.4 is 5.32 Å². The van der Waals surface area contributed by atoms with E-state index < -0.39 is 11.0 Å². The van der Waals surface area contributed by atoms with Gasteiger partial charge in [-0.05, 0) is 37.6 Å². The molecule has 1 atom stereocenters. The summed E-state index contributed by atoms with van der Waals surface area (Å²) in [5.41, 5.74) is 0.681. The lowest BCUT2D eigenvalue weighted by Gasteiger charge is -2.11. The predicted octanol–water partition coefficient (Wildman–Crippen LogP) is 2.70. The number of nitro benzene ring substituents is 1. The Hall–Kier alpha value is -2.70. The summed E-state index contributed by atoms with van der Waals surface area (Å²) in [6.45, 7) is 3.67. The summed E-state index contributed by atoms with van der Waals surface area (Å²) in [5, 5.41) is 13.1. The highest BCUT2D eigenvalue weighted by Crippen LogP contribution is 2.13. The molecule has 0 bridgehead atoms. The van der Waals surface area contributed by atoms with Crippen LogP contribution >= 0.6 is 0 Å². The Bertz CT molecular complexity index is 566. The van der Waals surface area contributed by atoms with Gasteiger partial charge in [0.2, 0.25) is 0 Å². The van der Waals surface area contributed by atoms with Crippen LogP contribution in [-0.4, -0.2) is 29.4 Å². The highest BCUT2D eigenvalue weighted by atomic mass is 16.6. The minimum Gasteiger partial charge on any atom is -0.450 e. The van der Waals surface area contributed by atoms with Gasteiger partial charge in [0.05, 0.1) is 11.5 Å². The largest absolute Gasteiger partial charge is 0.450 e. The minimum atomic E-state index is -0.554. The number of nitrogens with one attached hydrogen (secondary N) is 1. The average Bonchev–Trinajstić information content (AvgIpc) is 2.45. The van der Waals surface area contributed by atoms with Crippen LogP contribution in [0, 0.1) is 10.1 Å². The molecule has 1 aromatic carbocycles. The summed E-state index contributed by atoms with van der Waals surface area (Å²) < 4.78 is 4.72. The molecule has 0 fully saturated rings. The van der Waals surface area contributed by atoms with Crippen LogP contribution in [0.3, 0.4) is 0 Å². The van der Waals surface area contributed by atoms with E-state index in [-0.39, 0.29) is 30.5 Å². The molecule has 7 nitrogen and oxygen atoms in total. The number of nitrogens with zero attached hydrogens (tertiary/aromatic N) is 1. The number of hydrogen-bond acceptors (Lipinski definition) is 5. The van der Waals surface area contributed by atoms with Gasteiger partial charge < -0.3 is 10.1 Å². The Balaban J connectivity index is 2.50. The third kappa shape index (κ3) is 6.17. The smallest absolute Gasteiger partial charge is 0.407 e. The Labute approximate surface area is 128 Å². The fourth-order valence-electron chi connectivity index (χ4n) is 1.69. The van der Waals surface area contributed by atoms with Gasteiger partial charge in [0.25, 0.3) is 5.69 Å². The number of amides is 1. The zero-order chi connectivity index (χ0) is 16.5. The molecular weight excluding hydrogens is 288 g/mol. The van der Waals surface area contributed by atoms with Crippen molar-refractivity contribution in [3.05, 3.63) is 46.0 Å². The number of alkyl carbamates (subject to hydrolysis) is 1. The van der Waals surface area contributed by atoms with Gasteiger partial charge in [-0.25, -0.2) is 4.79 Å². The maximum atomic E-state index is 11.8. The molecule has 1 amide bonds. The van der Waals surface area contributed by atoms with E-state index in [9.17, 15) is 19.7 Å². The summed E-state index contributed by atoms with van der Waals surface area (Å²) in [6, 6.07) is 5.52. The van der Waals surface area contributed by atoms with Gasteiger partial charge in [0.15, 0.2) is 5.78 Å². The van der Waals surface area contributed by atoms with Crippen molar-refractivity contribution in [1.29, 1.82) is 0 Å². The fraction of sp³-hybridized carbons (Fsp3) is 0.333. The molecule has 0 saturated heterocycles. The van der Waals surface area contributed by atoms with Crippen molar-refractivity contribution >= 4 is 23.6 Å². The summed E-state index contributed by atoms with van der Waals surface area (Å²) in [5.74, 6) is -0.164. The Kier molecular flexibility index (Phi) is 6.75. The van der Waals surface area contributed by atoms with Crippen molar-refractivity contribution in [3.8, 4) is 0 Å². The minimum absolute atomic E-state index is 0.00395. The van der Waals surface area contributed by atoms with Gasteiger partial charge in [-0.3, -0.25) is 14.9 Å². The highest BCUT2D eigenvalue weighted by molar-refractivity contribution is 5.94. The summed E-state index contributed by atoms with van der Waals surface area (Å²) >= 11 is 0. The van der Waals surface area contributed by atoms with Gasteiger partial charge >= 0.3 is 6.09 Å². The second kappa shape index (κ2) is 8.56. The maximum absolute atomic E-state index is 11.8. The van der Waals surface area contributed by atoms with Gasteiger partial charge in [0, 0.05) is 24.6 Å². The number of hydrogen-bond donors (Lipinski definition) is 1. The van der Waals surface area contributed by atoms with Crippen LogP contribution in [0.5, 0.6) is 0 Å². The molecule has 0 saturated carbocycles. The van der Waals surface area contributed by atoms with Gasteiger partial charge in [0.1, 0.15) is 0 Å². The number of benzene rings is 1. The first-order valence-electron chi connectivity index (χ1n) is 6.81. The molecule has 0 aliphatic rings. The van der Waals surface area contributed by atoms with E-state index in [1.54, 1.807) is 32.1 Å². The van der Waals surface area contributed by atoms with Gasteiger partial charge in [-0.15, -0.1) is 0 Å². The van der Waals surface area contributed by atoms with E-state index >= 15 is 0 Å². The van der Waals surface area contributed by atoms with Crippen LogP contribution in [0.2, 0.25) is 0 Å². The average molecular weight is 306 g/mol. The lowest BCUT2D eigenvalue weighted by molar-refractivity contribution is -0.384. The molecule has 0 heterocycles. The molecule has 0 radical (unpaired) electrons. The van der Waals surface area contributed by atoms with E-state index in [0.717, 1.165) is 0 Å². The normalized spacial score (nSPS) is 11.9. The van der Waals surface area contributed by atoms with Crippen molar-refractivity contribution in [2.75, 3.05) is 6.61 Å². The lowest BCUT2D eigenvalue weighted by atomic mass is 10.1. The quantitative estimate of drug-likeness (QED) is 0.474. The van der Waals surface area contributed by atoms with Crippen molar-refractivity contribution in [2.24, 2.45) is 0 Å². The van der Waals surface area contributed by atoms with Crippen LogP contribution in [0.25, 0.3) is 6.08 Å². The maximum Gasteiger partial charge on any atom is 0.407 e. The number of non-ortho nitro benzene ring substituents is 1. The number of rotatable bonds is 7. The van der Waals surface area contributed by atoms with Crippen molar-refractivity contribution in [1.82, 2.24) is 5.32 Å². The number of carbonyl (C=O) groups is 2. The van der Waals surface area contributed by atoms with Crippen LogP contribution in [0.1, 0.15) is 25.8 Å². The van der Waals surface area contributed by atoms with Crippen molar-refractivity contribution < 1.29 is 19.2 Å². The zero-order valence-corrected chi connectivity index (χ0v) is 12.4. The third-order valence-electron chi connectivity index (χ3n) is 2.71. The lowest BCUT2D eigenvalue weighted by Crippen LogP contribution is -2.34. The van der Waals surface area contributed by atoms with E-state index in [2.05, 4.69) is 5.32 Å². The molecule has 0 aromatic heterocycles. The molecule has 0 aliphatic heterocycles. The van der Waals surface area contributed by atoms with E-state index in [1.165, 1.54) is 18.2 Å². The molecule has 118 valence electrons. The molecule has 0 spiro atoms. The molecule has 1 N–H and O–H groups in total. The third-order valence-corrected chi connectivity index (χ3v) is 2.71. The predicted molar refractivity (Wildman–Crippen MR) is 81.4 cm³/mol. The first kappa shape index (κ1) is 17.4.